The Morgan fingerprint density at radius 3 is 1.86 bits per heavy atom. The molecule has 7 nitrogen and oxygen atoms in total. The van der Waals surface area contributed by atoms with Crippen LogP contribution in [-0.2, 0) is 16.8 Å². The fraction of sp³-hybridized carbons (Fsp3) is 0.333. The van der Waals surface area contributed by atoms with Crippen molar-refractivity contribution in [3.8, 4) is 11.5 Å². The molecule has 192 valence electrons. The number of likely N-dealkylation sites (tertiary alicyclic amines) is 1. The number of urea groups is 1. The van der Waals surface area contributed by atoms with Gasteiger partial charge in [0.2, 0.25) is 0 Å². The van der Waals surface area contributed by atoms with E-state index in [1.165, 1.54) is 10.5 Å². The number of benzene rings is 3. The first kappa shape index (κ1) is 24.8. The standard InChI is InChI=1S/C30H33N3O4/c1-36-26-12-8-24(9-13-26)30(25-10-14-27(37-2)15-11-25)28(34)33(29(35)31-30)21-32-18-16-23(17-19-32)20-22-6-4-3-5-7-22/h3-15,23H,16-21H2,1-2H3,(H,31,35). The van der Waals surface area contributed by atoms with Crippen LogP contribution in [0.1, 0.15) is 29.5 Å². The normalized spacial score (nSPS) is 18.1. The topological polar surface area (TPSA) is 71.1 Å². The molecule has 0 unspecified atom stereocenters. The molecular formula is C30H33N3O4. The molecule has 2 aliphatic heterocycles. The van der Waals surface area contributed by atoms with Gasteiger partial charge in [-0.25, -0.2) is 9.69 Å². The second-order valence-corrected chi connectivity index (χ2v) is 9.76. The molecule has 0 atom stereocenters. The molecule has 0 aromatic heterocycles. The third-order valence-electron chi connectivity index (χ3n) is 7.57. The molecule has 0 radical (unpaired) electrons. The maximum absolute atomic E-state index is 14.1. The van der Waals surface area contributed by atoms with Gasteiger partial charge in [-0.05, 0) is 66.1 Å². The maximum Gasteiger partial charge on any atom is 0.326 e. The lowest BCUT2D eigenvalue weighted by Gasteiger charge is -2.34. The minimum Gasteiger partial charge on any atom is -0.497 e. The minimum absolute atomic E-state index is 0.275. The van der Waals surface area contributed by atoms with Crippen LogP contribution in [0.3, 0.4) is 0 Å². The van der Waals surface area contributed by atoms with Crippen LogP contribution in [0.5, 0.6) is 11.5 Å². The second-order valence-electron chi connectivity index (χ2n) is 9.76. The van der Waals surface area contributed by atoms with Gasteiger partial charge in [0.15, 0.2) is 5.54 Å². The van der Waals surface area contributed by atoms with Crippen molar-refractivity contribution in [2.24, 2.45) is 5.92 Å². The molecule has 3 amide bonds. The van der Waals surface area contributed by atoms with Crippen molar-refractivity contribution in [2.45, 2.75) is 24.8 Å². The van der Waals surface area contributed by atoms with E-state index in [-0.39, 0.29) is 18.6 Å². The van der Waals surface area contributed by atoms with Crippen molar-refractivity contribution in [1.82, 2.24) is 15.1 Å². The molecule has 2 heterocycles. The smallest absolute Gasteiger partial charge is 0.326 e. The van der Waals surface area contributed by atoms with E-state index in [9.17, 15) is 9.59 Å². The maximum atomic E-state index is 14.1. The van der Waals surface area contributed by atoms with Crippen molar-refractivity contribution >= 4 is 11.9 Å². The van der Waals surface area contributed by atoms with Crippen LogP contribution >= 0.6 is 0 Å². The quantitative estimate of drug-likeness (QED) is 0.465. The van der Waals surface area contributed by atoms with Gasteiger partial charge in [0, 0.05) is 13.1 Å². The van der Waals surface area contributed by atoms with Crippen LogP contribution in [0.25, 0.3) is 0 Å². The molecule has 3 aromatic rings. The summed E-state index contributed by atoms with van der Waals surface area (Å²) in [7, 11) is 3.20. The summed E-state index contributed by atoms with van der Waals surface area (Å²) >= 11 is 0. The molecule has 5 rings (SSSR count). The predicted molar refractivity (Wildman–Crippen MR) is 141 cm³/mol. The number of methoxy groups -OCH3 is 2. The number of rotatable bonds is 8. The number of carbonyl (C=O) groups excluding carboxylic acids is 2. The third kappa shape index (κ3) is 4.91. The van der Waals surface area contributed by atoms with Gasteiger partial charge in [0.1, 0.15) is 11.5 Å². The summed E-state index contributed by atoms with van der Waals surface area (Å²) in [5, 5.41) is 3.03. The number of nitrogens with one attached hydrogen (secondary N) is 1. The van der Waals surface area contributed by atoms with E-state index in [0.29, 0.717) is 28.5 Å². The highest BCUT2D eigenvalue weighted by Crippen LogP contribution is 2.38. The summed E-state index contributed by atoms with van der Waals surface area (Å²) in [6.07, 6.45) is 3.15. The van der Waals surface area contributed by atoms with Gasteiger partial charge in [0.25, 0.3) is 5.91 Å². The Labute approximate surface area is 218 Å². The molecule has 2 fully saturated rings. The molecular weight excluding hydrogens is 466 g/mol. The summed E-state index contributed by atoms with van der Waals surface area (Å²) in [5.41, 5.74) is 1.40. The Kier molecular flexibility index (Phi) is 7.15. The average molecular weight is 500 g/mol. The van der Waals surface area contributed by atoms with E-state index in [2.05, 4.69) is 34.5 Å². The Balaban J connectivity index is 1.35. The van der Waals surface area contributed by atoms with Crippen LogP contribution < -0.4 is 14.8 Å². The molecule has 7 heteroatoms. The van der Waals surface area contributed by atoms with Crippen LogP contribution in [0, 0.1) is 5.92 Å². The molecule has 0 saturated carbocycles. The highest BCUT2D eigenvalue weighted by atomic mass is 16.5. The molecule has 0 aliphatic carbocycles. The van der Waals surface area contributed by atoms with E-state index in [1.807, 2.05) is 30.3 Å². The summed E-state index contributed by atoms with van der Waals surface area (Å²) in [6, 6.07) is 24.7. The number of piperidine rings is 1. The Morgan fingerprint density at radius 2 is 1.35 bits per heavy atom. The van der Waals surface area contributed by atoms with Gasteiger partial charge in [-0.3, -0.25) is 9.69 Å². The highest BCUT2D eigenvalue weighted by molar-refractivity contribution is 6.09. The number of imide groups is 1. The Bertz CT molecular complexity index is 1170. The lowest BCUT2D eigenvalue weighted by Crippen LogP contribution is -2.47. The van der Waals surface area contributed by atoms with Gasteiger partial charge in [-0.1, -0.05) is 54.6 Å². The molecule has 37 heavy (non-hydrogen) atoms. The first-order valence-corrected chi connectivity index (χ1v) is 12.7. The molecule has 2 saturated heterocycles. The van der Waals surface area contributed by atoms with Crippen LogP contribution in [-0.4, -0.2) is 55.7 Å². The third-order valence-corrected chi connectivity index (χ3v) is 7.57. The largest absolute Gasteiger partial charge is 0.497 e. The zero-order chi connectivity index (χ0) is 25.8. The first-order chi connectivity index (χ1) is 18.0. The lowest BCUT2D eigenvalue weighted by atomic mass is 9.82. The monoisotopic (exact) mass is 499 g/mol. The molecule has 0 bridgehead atoms. The fourth-order valence-electron chi connectivity index (χ4n) is 5.42. The molecule has 3 aromatic carbocycles. The summed E-state index contributed by atoms with van der Waals surface area (Å²) < 4.78 is 10.6. The minimum atomic E-state index is -1.32. The highest BCUT2D eigenvalue weighted by Gasteiger charge is 2.54. The van der Waals surface area contributed by atoms with E-state index >= 15 is 0 Å². The van der Waals surface area contributed by atoms with Crippen LogP contribution in [0.4, 0.5) is 4.79 Å². The zero-order valence-electron chi connectivity index (χ0n) is 21.4. The van der Waals surface area contributed by atoms with Crippen molar-refractivity contribution < 1.29 is 19.1 Å². The number of ether oxygens (including phenoxy) is 2. The number of amides is 3. The fourth-order valence-corrected chi connectivity index (χ4v) is 5.42. The van der Waals surface area contributed by atoms with Crippen LogP contribution in [0.15, 0.2) is 78.9 Å². The van der Waals surface area contributed by atoms with Gasteiger partial charge in [-0.2, -0.15) is 0 Å². The van der Waals surface area contributed by atoms with Crippen molar-refractivity contribution in [1.29, 1.82) is 0 Å². The first-order valence-electron chi connectivity index (χ1n) is 12.7. The number of nitrogens with zero attached hydrogens (tertiary/aromatic N) is 2. The van der Waals surface area contributed by atoms with Gasteiger partial charge in [0.05, 0.1) is 20.9 Å². The van der Waals surface area contributed by atoms with E-state index in [1.54, 1.807) is 38.5 Å². The van der Waals surface area contributed by atoms with Crippen molar-refractivity contribution in [2.75, 3.05) is 34.0 Å². The Hall–Kier alpha value is -3.84. The zero-order valence-corrected chi connectivity index (χ0v) is 21.4. The number of carbonyl (C=O) groups is 2. The van der Waals surface area contributed by atoms with E-state index in [4.69, 9.17) is 9.47 Å². The van der Waals surface area contributed by atoms with Crippen molar-refractivity contribution in [3.63, 3.8) is 0 Å². The SMILES string of the molecule is COc1ccc(C2(c3ccc(OC)cc3)NC(=O)N(CN3CCC(Cc4ccccc4)CC3)C2=O)cc1. The molecule has 1 N–H and O–H groups in total. The predicted octanol–water partition coefficient (Wildman–Crippen LogP) is 4.41. The molecule has 0 spiro atoms. The lowest BCUT2D eigenvalue weighted by molar-refractivity contribution is -0.132. The Morgan fingerprint density at radius 1 is 0.811 bits per heavy atom. The summed E-state index contributed by atoms with van der Waals surface area (Å²) in [6.45, 7) is 1.98. The molecule has 2 aliphatic rings. The van der Waals surface area contributed by atoms with E-state index in [0.717, 1.165) is 32.4 Å². The van der Waals surface area contributed by atoms with Crippen molar-refractivity contribution in [3.05, 3.63) is 95.6 Å². The van der Waals surface area contributed by atoms with Crippen LogP contribution in [0.2, 0.25) is 0 Å². The average Bonchev–Trinajstić information content (AvgIpc) is 3.20. The number of hydrogen-bond donors (Lipinski definition) is 1. The van der Waals surface area contributed by atoms with E-state index < -0.39 is 5.54 Å². The van der Waals surface area contributed by atoms with Gasteiger partial charge >= 0.3 is 6.03 Å². The van der Waals surface area contributed by atoms with Gasteiger partial charge in [-0.15, -0.1) is 0 Å². The number of hydrogen-bond acceptors (Lipinski definition) is 5. The second kappa shape index (κ2) is 10.6. The van der Waals surface area contributed by atoms with Gasteiger partial charge < -0.3 is 14.8 Å². The summed E-state index contributed by atoms with van der Waals surface area (Å²) in [4.78, 5) is 30.9. The summed E-state index contributed by atoms with van der Waals surface area (Å²) in [5.74, 6) is 1.69.